The summed E-state index contributed by atoms with van der Waals surface area (Å²) in [5, 5.41) is 2.97. The smallest absolute Gasteiger partial charge is 0.252 e. The van der Waals surface area contributed by atoms with Gasteiger partial charge in [-0.2, -0.15) is 0 Å². The monoisotopic (exact) mass is 334 g/mol. The molecule has 0 aromatic heterocycles. The van der Waals surface area contributed by atoms with Crippen LogP contribution < -0.4 is 11.1 Å². The normalized spacial score (nSPS) is 10.1. The van der Waals surface area contributed by atoms with Crippen LogP contribution in [0.25, 0.3) is 0 Å². The Kier molecular flexibility index (Phi) is 6.11. The van der Waals surface area contributed by atoms with Crippen LogP contribution in [0.2, 0.25) is 5.02 Å². The van der Waals surface area contributed by atoms with Crippen LogP contribution in [-0.2, 0) is 9.53 Å². The van der Waals surface area contributed by atoms with E-state index in [-0.39, 0.29) is 25.7 Å². The van der Waals surface area contributed by atoms with Gasteiger partial charge in [-0.3, -0.25) is 9.59 Å². The van der Waals surface area contributed by atoms with Gasteiger partial charge in [0.05, 0.1) is 17.2 Å². The second-order valence-electron chi connectivity index (χ2n) is 3.38. The van der Waals surface area contributed by atoms with Gasteiger partial charge in [-0.1, -0.05) is 17.7 Å². The summed E-state index contributed by atoms with van der Waals surface area (Å²) in [6.07, 6.45) is 0. The number of carbonyl (C=O) groups is 2. The van der Waals surface area contributed by atoms with Crippen LogP contribution in [0.15, 0.2) is 22.7 Å². The number of rotatable bonds is 6. The quantitative estimate of drug-likeness (QED) is 0.770. The fourth-order valence-corrected chi connectivity index (χ4v) is 1.76. The van der Waals surface area contributed by atoms with Crippen LogP contribution in [0.5, 0.6) is 0 Å². The van der Waals surface area contributed by atoms with Crippen LogP contribution in [0, 0.1) is 0 Å². The fourth-order valence-electron chi connectivity index (χ4n) is 1.18. The van der Waals surface area contributed by atoms with E-state index in [4.69, 9.17) is 22.1 Å². The molecule has 0 atom stereocenters. The van der Waals surface area contributed by atoms with Gasteiger partial charge in [-0.15, -0.1) is 0 Å². The van der Waals surface area contributed by atoms with E-state index in [1.807, 2.05) is 0 Å². The van der Waals surface area contributed by atoms with Crippen molar-refractivity contribution in [1.82, 2.24) is 5.32 Å². The summed E-state index contributed by atoms with van der Waals surface area (Å²) in [6.45, 7) is 0.322. The van der Waals surface area contributed by atoms with Gasteiger partial charge in [0.1, 0.15) is 6.61 Å². The summed E-state index contributed by atoms with van der Waals surface area (Å²) in [7, 11) is 0. The first kappa shape index (κ1) is 14.9. The van der Waals surface area contributed by atoms with E-state index in [0.717, 1.165) is 0 Å². The number of ether oxygens (including phenoxy) is 1. The summed E-state index contributed by atoms with van der Waals surface area (Å²) in [5.74, 6) is -0.847. The number of carbonyl (C=O) groups excluding carboxylic acids is 2. The van der Waals surface area contributed by atoms with E-state index in [1.165, 1.54) is 0 Å². The molecule has 1 aromatic rings. The zero-order valence-electron chi connectivity index (χ0n) is 9.41. The Bertz CT molecular complexity index is 454. The average Bonchev–Trinajstić information content (AvgIpc) is 2.31. The molecule has 0 aliphatic rings. The highest BCUT2D eigenvalue weighted by molar-refractivity contribution is 9.10. The minimum atomic E-state index is -0.545. The number of nitrogens with two attached hydrogens (primary N) is 1. The van der Waals surface area contributed by atoms with Gasteiger partial charge in [-0.25, -0.2) is 0 Å². The minimum absolute atomic E-state index is 0.159. The summed E-state index contributed by atoms with van der Waals surface area (Å²) in [6, 6.07) is 5.08. The third-order valence-electron chi connectivity index (χ3n) is 1.97. The summed E-state index contributed by atoms with van der Waals surface area (Å²) >= 11 is 9.20. The van der Waals surface area contributed by atoms with E-state index in [9.17, 15) is 9.59 Å². The summed E-state index contributed by atoms with van der Waals surface area (Å²) < 4.78 is 5.56. The molecule has 98 valence electrons. The first-order valence-corrected chi connectivity index (χ1v) is 6.27. The number of primary amides is 1. The third-order valence-corrected chi connectivity index (χ3v) is 3.27. The molecule has 3 N–H and O–H groups in total. The van der Waals surface area contributed by atoms with Gasteiger partial charge in [0.2, 0.25) is 5.91 Å². The van der Waals surface area contributed by atoms with E-state index >= 15 is 0 Å². The Balaban J connectivity index is 2.41. The van der Waals surface area contributed by atoms with Crippen molar-refractivity contribution in [1.29, 1.82) is 0 Å². The molecule has 0 heterocycles. The standard InChI is InChI=1S/C11H12BrClN2O3/c12-8-3-1-2-7(10(8)13)11(17)15-4-5-18-6-9(14)16/h1-3H,4-6H2,(H2,14,16)(H,15,17). The highest BCUT2D eigenvalue weighted by Crippen LogP contribution is 2.25. The Morgan fingerprint density at radius 2 is 2.17 bits per heavy atom. The second-order valence-corrected chi connectivity index (χ2v) is 4.61. The lowest BCUT2D eigenvalue weighted by atomic mass is 10.2. The van der Waals surface area contributed by atoms with E-state index in [1.54, 1.807) is 18.2 Å². The molecule has 0 saturated carbocycles. The average molecular weight is 336 g/mol. The van der Waals surface area contributed by atoms with Gasteiger partial charge in [-0.05, 0) is 28.1 Å². The van der Waals surface area contributed by atoms with E-state index < -0.39 is 5.91 Å². The maximum Gasteiger partial charge on any atom is 0.252 e. The first-order valence-electron chi connectivity index (χ1n) is 5.10. The van der Waals surface area contributed by atoms with Gasteiger partial charge in [0, 0.05) is 11.0 Å². The molecule has 5 nitrogen and oxygen atoms in total. The molecule has 18 heavy (non-hydrogen) atoms. The third kappa shape index (κ3) is 4.64. The maximum absolute atomic E-state index is 11.8. The predicted octanol–water partition coefficient (Wildman–Crippen LogP) is 1.33. The molecule has 0 saturated heterocycles. The van der Waals surface area contributed by atoms with Crippen molar-refractivity contribution in [3.05, 3.63) is 33.3 Å². The van der Waals surface area contributed by atoms with Crippen molar-refractivity contribution in [2.45, 2.75) is 0 Å². The molecular formula is C11H12BrClN2O3. The van der Waals surface area contributed by atoms with Crippen molar-refractivity contribution in [3.8, 4) is 0 Å². The van der Waals surface area contributed by atoms with Gasteiger partial charge >= 0.3 is 0 Å². The number of hydrogen-bond donors (Lipinski definition) is 2. The van der Waals surface area contributed by atoms with Crippen LogP contribution in [0.1, 0.15) is 10.4 Å². The minimum Gasteiger partial charge on any atom is -0.370 e. The maximum atomic E-state index is 11.8. The first-order chi connectivity index (χ1) is 8.52. The molecule has 2 amide bonds. The van der Waals surface area contributed by atoms with Crippen molar-refractivity contribution >= 4 is 39.3 Å². The van der Waals surface area contributed by atoms with Crippen molar-refractivity contribution in [2.75, 3.05) is 19.8 Å². The number of nitrogens with one attached hydrogen (secondary N) is 1. The summed E-state index contributed by atoms with van der Waals surface area (Å²) in [4.78, 5) is 22.1. The number of benzene rings is 1. The topological polar surface area (TPSA) is 81.4 Å². The van der Waals surface area contributed by atoms with Crippen LogP contribution >= 0.6 is 27.5 Å². The molecule has 7 heteroatoms. The molecule has 1 rings (SSSR count). The van der Waals surface area contributed by atoms with Gasteiger partial charge in [0.25, 0.3) is 5.91 Å². The molecule has 0 unspecified atom stereocenters. The highest BCUT2D eigenvalue weighted by Gasteiger charge is 2.11. The molecule has 0 fully saturated rings. The van der Waals surface area contributed by atoms with E-state index in [0.29, 0.717) is 15.1 Å². The molecular weight excluding hydrogens is 323 g/mol. The Morgan fingerprint density at radius 1 is 1.44 bits per heavy atom. The molecule has 0 aliphatic carbocycles. The van der Waals surface area contributed by atoms with Crippen LogP contribution in [0.4, 0.5) is 0 Å². The zero-order valence-corrected chi connectivity index (χ0v) is 11.8. The van der Waals surface area contributed by atoms with Gasteiger partial charge < -0.3 is 15.8 Å². The predicted molar refractivity (Wildman–Crippen MR) is 71.5 cm³/mol. The van der Waals surface area contributed by atoms with E-state index in [2.05, 4.69) is 21.2 Å². The Hall–Kier alpha value is -1.11. The molecule has 0 radical (unpaired) electrons. The van der Waals surface area contributed by atoms with Gasteiger partial charge in [0.15, 0.2) is 0 Å². The number of hydrogen-bond acceptors (Lipinski definition) is 3. The molecule has 0 aliphatic heterocycles. The fraction of sp³-hybridized carbons (Fsp3) is 0.273. The van der Waals surface area contributed by atoms with Crippen molar-refractivity contribution < 1.29 is 14.3 Å². The SMILES string of the molecule is NC(=O)COCCNC(=O)c1cccc(Br)c1Cl. The largest absolute Gasteiger partial charge is 0.370 e. The Morgan fingerprint density at radius 3 is 2.83 bits per heavy atom. The highest BCUT2D eigenvalue weighted by atomic mass is 79.9. The molecule has 1 aromatic carbocycles. The lowest BCUT2D eigenvalue weighted by Crippen LogP contribution is -2.29. The number of amides is 2. The lowest BCUT2D eigenvalue weighted by molar-refractivity contribution is -0.122. The molecule has 0 bridgehead atoms. The van der Waals surface area contributed by atoms with Crippen molar-refractivity contribution in [2.24, 2.45) is 5.73 Å². The second kappa shape index (κ2) is 7.35. The number of halogens is 2. The summed E-state index contributed by atoms with van der Waals surface area (Å²) in [5.41, 5.74) is 5.26. The Labute approximate surface area is 118 Å². The van der Waals surface area contributed by atoms with Crippen LogP contribution in [0.3, 0.4) is 0 Å². The zero-order chi connectivity index (χ0) is 13.5. The lowest BCUT2D eigenvalue weighted by Gasteiger charge is -2.07. The van der Waals surface area contributed by atoms with Crippen molar-refractivity contribution in [3.63, 3.8) is 0 Å². The molecule has 0 spiro atoms. The van der Waals surface area contributed by atoms with Crippen LogP contribution in [-0.4, -0.2) is 31.6 Å².